The van der Waals surface area contributed by atoms with Crippen LogP contribution in [0, 0.1) is 0 Å². The van der Waals surface area contributed by atoms with Gasteiger partial charge >= 0.3 is 53.5 Å². The number of ketones is 1. The molecule has 1 rings (SSSR count). The maximum Gasteiger partial charge on any atom is 1.00 e. The Bertz CT molecular complexity index is 900. The number of rotatable bonds is 11. The van der Waals surface area contributed by atoms with Gasteiger partial charge in [0, 0.05) is 11.1 Å². The van der Waals surface area contributed by atoms with Crippen LogP contribution < -0.4 is 29.6 Å². The van der Waals surface area contributed by atoms with Gasteiger partial charge in [-0.3, -0.25) is 4.79 Å². The van der Waals surface area contributed by atoms with Gasteiger partial charge in [-0.05, 0) is 6.42 Å². The molecule has 0 aliphatic carbocycles. The normalized spacial score (nSPS) is 14.5. The molecule has 0 heterocycles. The van der Waals surface area contributed by atoms with Gasteiger partial charge in [-0.15, -0.1) is 0 Å². The van der Waals surface area contributed by atoms with E-state index in [2.05, 4.69) is 0 Å². The molecule has 1 atom stereocenters. The standard InChI is InChI=1S/C18H19F9O4S.Na/c1-2-3-4-5-6-13(32(29,30)31)14(28)11-7-9-12(10-8-11)15(19,20)16(21,22)17(23,24)18(25,26)27;/h7-10,13H,2-6H2,1H3,(H,29,30,31);/q;+1/p-1. The second-order valence-corrected chi connectivity index (χ2v) is 8.55. The first kappa shape index (κ1) is 32.2. The first-order chi connectivity index (χ1) is 14.3. The number of alkyl halides is 9. The van der Waals surface area contributed by atoms with Crippen LogP contribution in [-0.2, 0) is 16.0 Å². The smallest absolute Gasteiger partial charge is 0.747 e. The summed E-state index contributed by atoms with van der Waals surface area (Å²) in [5.41, 5.74) is -2.68. The topological polar surface area (TPSA) is 74.3 Å². The summed E-state index contributed by atoms with van der Waals surface area (Å²) in [6.07, 6.45) is -5.34. The summed E-state index contributed by atoms with van der Waals surface area (Å²) in [4.78, 5) is 12.3. The Kier molecular flexibility index (Phi) is 11.0. The average molecular weight is 524 g/mol. The Morgan fingerprint density at radius 2 is 1.36 bits per heavy atom. The molecule has 33 heavy (non-hydrogen) atoms. The molecule has 0 amide bonds. The quantitative estimate of drug-likeness (QED) is 0.147. The van der Waals surface area contributed by atoms with E-state index in [0.29, 0.717) is 25.0 Å². The molecule has 0 fully saturated rings. The van der Waals surface area contributed by atoms with E-state index in [0.717, 1.165) is 6.42 Å². The molecule has 15 heteroatoms. The Hall–Kier alpha value is -0.830. The van der Waals surface area contributed by atoms with Crippen molar-refractivity contribution < 1.29 is 86.8 Å². The number of Topliss-reactive ketones (excluding diaryl/α,β-unsaturated/α-hetero) is 1. The maximum atomic E-state index is 13.9. The van der Waals surface area contributed by atoms with E-state index >= 15 is 0 Å². The van der Waals surface area contributed by atoms with E-state index in [4.69, 9.17) is 0 Å². The fourth-order valence-corrected chi connectivity index (χ4v) is 3.60. The van der Waals surface area contributed by atoms with Crippen LogP contribution in [0.1, 0.15) is 54.9 Å². The molecule has 0 aliphatic heterocycles. The number of halogens is 9. The molecule has 0 aliphatic rings. The number of unbranched alkanes of at least 4 members (excludes halogenated alkanes) is 3. The van der Waals surface area contributed by atoms with Gasteiger partial charge in [0.25, 0.3) is 0 Å². The van der Waals surface area contributed by atoms with E-state index in [-0.39, 0.29) is 48.1 Å². The van der Waals surface area contributed by atoms with E-state index in [1.54, 1.807) is 0 Å². The maximum absolute atomic E-state index is 13.9. The third-order valence-corrected chi connectivity index (χ3v) is 5.78. The molecule has 4 nitrogen and oxygen atoms in total. The monoisotopic (exact) mass is 524 g/mol. The summed E-state index contributed by atoms with van der Waals surface area (Å²) in [7, 11) is -5.19. The zero-order valence-electron chi connectivity index (χ0n) is 17.4. The third-order valence-electron chi connectivity index (χ3n) is 4.64. The molecule has 1 aromatic rings. The first-order valence-electron chi connectivity index (χ1n) is 9.12. The molecule has 0 bridgehead atoms. The van der Waals surface area contributed by atoms with Crippen molar-refractivity contribution in [2.24, 2.45) is 0 Å². The molecule has 1 aromatic carbocycles. The summed E-state index contributed by atoms with van der Waals surface area (Å²) in [5, 5.41) is -2.11. The summed E-state index contributed by atoms with van der Waals surface area (Å²) >= 11 is 0. The molecule has 0 aromatic heterocycles. The predicted octanol–water partition coefficient (Wildman–Crippen LogP) is 2.68. The number of carbonyl (C=O) groups is 1. The van der Waals surface area contributed by atoms with Crippen molar-refractivity contribution in [2.45, 2.75) is 68.2 Å². The number of carbonyl (C=O) groups excluding carboxylic acids is 1. The van der Waals surface area contributed by atoms with Crippen LogP contribution in [-0.4, -0.2) is 42.0 Å². The van der Waals surface area contributed by atoms with Gasteiger partial charge in [0.15, 0.2) is 5.78 Å². The zero-order chi connectivity index (χ0) is 25.2. The Morgan fingerprint density at radius 3 is 1.76 bits per heavy atom. The van der Waals surface area contributed by atoms with Crippen LogP contribution in [0.4, 0.5) is 39.5 Å². The minimum Gasteiger partial charge on any atom is -0.747 e. The van der Waals surface area contributed by atoms with Crippen molar-refractivity contribution in [3.8, 4) is 0 Å². The van der Waals surface area contributed by atoms with Crippen molar-refractivity contribution in [1.29, 1.82) is 0 Å². The SMILES string of the molecule is CCCCCCC(C(=O)c1ccc(C(F)(F)C(F)(F)C(F)(F)C(F)(F)F)cc1)S(=O)(=O)[O-].[Na+]. The van der Waals surface area contributed by atoms with Crippen molar-refractivity contribution in [1.82, 2.24) is 0 Å². The summed E-state index contributed by atoms with van der Waals surface area (Å²) in [6.45, 7) is 1.83. The molecule has 0 saturated carbocycles. The van der Waals surface area contributed by atoms with Crippen LogP contribution >= 0.6 is 0 Å². The van der Waals surface area contributed by atoms with Crippen LogP contribution in [0.15, 0.2) is 24.3 Å². The molecule has 184 valence electrons. The van der Waals surface area contributed by atoms with Crippen molar-refractivity contribution in [2.75, 3.05) is 0 Å². The summed E-state index contributed by atoms with van der Waals surface area (Å²) in [5.74, 6) is -21.3. The van der Waals surface area contributed by atoms with Crippen LogP contribution in [0.2, 0.25) is 0 Å². The van der Waals surface area contributed by atoms with Gasteiger partial charge in [0.05, 0.1) is 0 Å². The van der Waals surface area contributed by atoms with Crippen molar-refractivity contribution >= 4 is 15.9 Å². The molecule has 1 unspecified atom stereocenters. The molecular formula is C18H18F9NaO4S. The third kappa shape index (κ3) is 6.86. The Balaban J connectivity index is 0.0000102. The summed E-state index contributed by atoms with van der Waals surface area (Å²) in [6, 6.07) is 0.660. The predicted molar refractivity (Wildman–Crippen MR) is 92.9 cm³/mol. The number of hydrogen-bond donors (Lipinski definition) is 0. The summed E-state index contributed by atoms with van der Waals surface area (Å²) < 4.78 is 152. The largest absolute Gasteiger partial charge is 1.00 e. The van der Waals surface area contributed by atoms with Gasteiger partial charge in [0.1, 0.15) is 15.4 Å². The minimum atomic E-state index is -7.09. The van der Waals surface area contributed by atoms with Crippen LogP contribution in [0.3, 0.4) is 0 Å². The van der Waals surface area contributed by atoms with Gasteiger partial charge in [-0.25, -0.2) is 8.42 Å². The molecular weight excluding hydrogens is 506 g/mol. The van der Waals surface area contributed by atoms with Gasteiger partial charge in [-0.1, -0.05) is 56.9 Å². The molecule has 0 N–H and O–H groups in total. The van der Waals surface area contributed by atoms with Crippen molar-refractivity contribution in [3.05, 3.63) is 35.4 Å². The minimum absolute atomic E-state index is 0. The zero-order valence-corrected chi connectivity index (χ0v) is 20.2. The number of benzene rings is 1. The Labute approximate surface area is 206 Å². The second-order valence-electron chi connectivity index (χ2n) is 6.99. The van der Waals surface area contributed by atoms with E-state index in [1.165, 1.54) is 0 Å². The Morgan fingerprint density at radius 1 is 0.879 bits per heavy atom. The number of hydrogen-bond acceptors (Lipinski definition) is 4. The molecule has 0 saturated heterocycles. The first-order valence-corrected chi connectivity index (χ1v) is 10.6. The fraction of sp³-hybridized carbons (Fsp3) is 0.611. The average Bonchev–Trinajstić information content (AvgIpc) is 2.65. The fourth-order valence-electron chi connectivity index (χ4n) is 2.75. The van der Waals surface area contributed by atoms with Crippen LogP contribution in [0.5, 0.6) is 0 Å². The molecule has 0 spiro atoms. The molecule has 0 radical (unpaired) electrons. The van der Waals surface area contributed by atoms with Gasteiger partial charge in [-0.2, -0.15) is 39.5 Å². The van der Waals surface area contributed by atoms with E-state index in [1.807, 2.05) is 6.92 Å². The van der Waals surface area contributed by atoms with E-state index < -0.39 is 62.6 Å². The van der Waals surface area contributed by atoms with Crippen LogP contribution in [0.25, 0.3) is 0 Å². The van der Waals surface area contributed by atoms with Gasteiger partial charge < -0.3 is 4.55 Å². The van der Waals surface area contributed by atoms with Gasteiger partial charge in [0.2, 0.25) is 0 Å². The second kappa shape index (κ2) is 11.3. The van der Waals surface area contributed by atoms with E-state index in [9.17, 15) is 57.3 Å². The van der Waals surface area contributed by atoms with Crippen molar-refractivity contribution in [3.63, 3.8) is 0 Å².